The van der Waals surface area contributed by atoms with Gasteiger partial charge in [0.05, 0.1) is 25.0 Å². The number of methoxy groups -OCH3 is 1. The Hall–Kier alpha value is -3.20. The molecule has 1 N–H and O–H groups in total. The van der Waals surface area contributed by atoms with E-state index in [1.54, 1.807) is 11.1 Å². The molecule has 0 spiro atoms. The standard InChI is InChI=1S/C26H28BrFN4O3/c1-17(12-18-4-3-5-20(27)13-18)25(33)30-21-15-29-32(16-21)22-8-10-31(11-9-22)26(34)19-6-7-23(28)24(14-19)35-2/h3-7,13-17,22H,8-12H2,1-2H3,(H,30,33). The van der Waals surface area contributed by atoms with Crippen molar-refractivity contribution in [3.63, 3.8) is 0 Å². The SMILES string of the molecule is COc1cc(C(=O)N2CCC(n3cc(NC(=O)C(C)Cc4cccc(Br)c4)cn3)CC2)ccc1F. The smallest absolute Gasteiger partial charge is 0.253 e. The molecular formula is C26H28BrFN4O3. The largest absolute Gasteiger partial charge is 0.494 e. The predicted molar refractivity (Wildman–Crippen MR) is 135 cm³/mol. The highest BCUT2D eigenvalue weighted by Crippen LogP contribution is 2.26. The normalized spacial score (nSPS) is 15.0. The van der Waals surface area contributed by atoms with Crippen molar-refractivity contribution < 1.29 is 18.7 Å². The van der Waals surface area contributed by atoms with E-state index in [0.717, 1.165) is 22.9 Å². The van der Waals surface area contributed by atoms with Crippen LogP contribution >= 0.6 is 15.9 Å². The van der Waals surface area contributed by atoms with Crippen LogP contribution in [0.15, 0.2) is 59.3 Å². The highest BCUT2D eigenvalue weighted by Gasteiger charge is 2.26. The van der Waals surface area contributed by atoms with E-state index in [2.05, 4.69) is 26.3 Å². The average molecular weight is 543 g/mol. The Bertz CT molecular complexity index is 1210. The van der Waals surface area contributed by atoms with Gasteiger partial charge in [-0.3, -0.25) is 14.3 Å². The second-order valence-corrected chi connectivity index (χ2v) is 9.72. The van der Waals surface area contributed by atoms with Crippen LogP contribution in [0.2, 0.25) is 0 Å². The third-order valence-electron chi connectivity index (χ3n) is 6.27. The Morgan fingerprint density at radius 2 is 2.00 bits per heavy atom. The fourth-order valence-electron chi connectivity index (χ4n) is 4.29. The molecule has 3 aromatic rings. The summed E-state index contributed by atoms with van der Waals surface area (Å²) in [6.45, 7) is 3.03. The fourth-order valence-corrected chi connectivity index (χ4v) is 4.73. The number of hydrogen-bond donors (Lipinski definition) is 1. The number of carbonyl (C=O) groups excluding carboxylic acids is 2. The van der Waals surface area contributed by atoms with Gasteiger partial charge in [-0.15, -0.1) is 0 Å². The molecule has 7 nitrogen and oxygen atoms in total. The van der Waals surface area contributed by atoms with Gasteiger partial charge in [0, 0.05) is 35.2 Å². The Morgan fingerprint density at radius 3 is 2.71 bits per heavy atom. The van der Waals surface area contributed by atoms with E-state index in [-0.39, 0.29) is 29.5 Å². The molecule has 0 radical (unpaired) electrons. The van der Waals surface area contributed by atoms with Crippen molar-refractivity contribution in [2.75, 3.05) is 25.5 Å². The maximum absolute atomic E-state index is 13.7. The first-order chi connectivity index (χ1) is 16.8. The van der Waals surface area contributed by atoms with Gasteiger partial charge in [-0.25, -0.2) is 4.39 Å². The topological polar surface area (TPSA) is 76.5 Å². The maximum Gasteiger partial charge on any atom is 0.253 e. The van der Waals surface area contributed by atoms with Gasteiger partial charge >= 0.3 is 0 Å². The molecule has 4 rings (SSSR count). The first-order valence-corrected chi connectivity index (χ1v) is 12.4. The van der Waals surface area contributed by atoms with Crippen LogP contribution in [0.25, 0.3) is 0 Å². The van der Waals surface area contributed by atoms with Gasteiger partial charge in [0.2, 0.25) is 5.91 Å². The number of anilines is 1. The first-order valence-electron chi connectivity index (χ1n) is 11.6. The highest BCUT2D eigenvalue weighted by atomic mass is 79.9. The van der Waals surface area contributed by atoms with Crippen LogP contribution in [0.4, 0.5) is 10.1 Å². The van der Waals surface area contributed by atoms with Crippen molar-refractivity contribution in [3.8, 4) is 5.75 Å². The van der Waals surface area contributed by atoms with Gasteiger partial charge in [-0.2, -0.15) is 5.10 Å². The minimum absolute atomic E-state index is 0.0559. The summed E-state index contributed by atoms with van der Waals surface area (Å²) in [4.78, 5) is 27.3. The molecule has 0 saturated carbocycles. The number of rotatable bonds is 7. The van der Waals surface area contributed by atoms with Crippen molar-refractivity contribution in [3.05, 3.63) is 76.3 Å². The average Bonchev–Trinajstić information content (AvgIpc) is 3.32. The number of hydrogen-bond acceptors (Lipinski definition) is 4. The lowest BCUT2D eigenvalue weighted by Crippen LogP contribution is -2.39. The molecule has 1 saturated heterocycles. The van der Waals surface area contributed by atoms with Crippen molar-refractivity contribution in [1.82, 2.24) is 14.7 Å². The predicted octanol–water partition coefficient (Wildman–Crippen LogP) is 5.09. The lowest BCUT2D eigenvalue weighted by Gasteiger charge is -2.32. The molecule has 1 aliphatic heterocycles. The number of aromatic nitrogens is 2. The van der Waals surface area contributed by atoms with Gasteiger partial charge in [0.25, 0.3) is 5.91 Å². The maximum atomic E-state index is 13.7. The lowest BCUT2D eigenvalue weighted by molar-refractivity contribution is -0.119. The van der Waals surface area contributed by atoms with Crippen molar-refractivity contribution in [1.29, 1.82) is 0 Å². The Morgan fingerprint density at radius 1 is 1.23 bits per heavy atom. The van der Waals surface area contributed by atoms with Crippen LogP contribution in [0.5, 0.6) is 5.75 Å². The van der Waals surface area contributed by atoms with Crippen molar-refractivity contribution in [2.24, 2.45) is 5.92 Å². The number of likely N-dealkylation sites (tertiary alicyclic amines) is 1. The molecule has 2 amide bonds. The monoisotopic (exact) mass is 542 g/mol. The summed E-state index contributed by atoms with van der Waals surface area (Å²) >= 11 is 3.46. The molecule has 1 atom stereocenters. The number of amides is 2. The molecule has 1 fully saturated rings. The summed E-state index contributed by atoms with van der Waals surface area (Å²) in [6, 6.07) is 12.2. The minimum Gasteiger partial charge on any atom is -0.494 e. The van der Waals surface area contributed by atoms with Crippen LogP contribution < -0.4 is 10.1 Å². The molecule has 1 aliphatic rings. The minimum atomic E-state index is -0.494. The number of halogens is 2. The fraction of sp³-hybridized carbons (Fsp3) is 0.346. The van der Waals surface area contributed by atoms with E-state index in [9.17, 15) is 14.0 Å². The van der Waals surface area contributed by atoms with Gasteiger partial charge in [0.1, 0.15) is 0 Å². The summed E-state index contributed by atoms with van der Waals surface area (Å²) < 4.78 is 21.5. The molecule has 1 aromatic heterocycles. The Kier molecular flexibility index (Phi) is 7.85. The highest BCUT2D eigenvalue weighted by molar-refractivity contribution is 9.10. The molecule has 0 bridgehead atoms. The van der Waals surface area contributed by atoms with E-state index < -0.39 is 5.82 Å². The first kappa shape index (κ1) is 24.9. The lowest BCUT2D eigenvalue weighted by atomic mass is 10.0. The second kappa shape index (κ2) is 11.0. The molecule has 184 valence electrons. The molecule has 9 heteroatoms. The number of carbonyl (C=O) groups is 2. The van der Waals surface area contributed by atoms with E-state index in [1.807, 2.05) is 42.1 Å². The van der Waals surface area contributed by atoms with Gasteiger partial charge in [-0.1, -0.05) is 35.0 Å². The van der Waals surface area contributed by atoms with E-state index in [0.29, 0.717) is 30.8 Å². The molecular weight excluding hydrogens is 515 g/mol. The van der Waals surface area contributed by atoms with Crippen LogP contribution in [0.1, 0.15) is 41.7 Å². The number of ether oxygens (including phenoxy) is 1. The zero-order chi connectivity index (χ0) is 24.9. The zero-order valence-corrected chi connectivity index (χ0v) is 21.3. The van der Waals surface area contributed by atoms with Crippen LogP contribution in [0.3, 0.4) is 0 Å². The van der Waals surface area contributed by atoms with Crippen molar-refractivity contribution >= 4 is 33.4 Å². The summed E-state index contributed by atoms with van der Waals surface area (Å²) in [5.41, 5.74) is 2.16. The number of benzene rings is 2. The molecule has 0 aliphatic carbocycles. The van der Waals surface area contributed by atoms with Crippen LogP contribution in [-0.2, 0) is 11.2 Å². The molecule has 2 aromatic carbocycles. The van der Waals surface area contributed by atoms with Crippen molar-refractivity contribution in [2.45, 2.75) is 32.2 Å². The molecule has 2 heterocycles. The third kappa shape index (κ3) is 6.08. The molecule has 35 heavy (non-hydrogen) atoms. The summed E-state index contributed by atoms with van der Waals surface area (Å²) in [7, 11) is 1.38. The van der Waals surface area contributed by atoms with Gasteiger partial charge < -0.3 is 15.0 Å². The summed E-state index contributed by atoms with van der Waals surface area (Å²) in [5, 5.41) is 7.40. The molecule has 1 unspecified atom stereocenters. The Balaban J connectivity index is 1.30. The van der Waals surface area contributed by atoms with Crippen LogP contribution in [-0.4, -0.2) is 46.7 Å². The van der Waals surface area contributed by atoms with E-state index >= 15 is 0 Å². The Labute approximate surface area is 212 Å². The van der Waals surface area contributed by atoms with Gasteiger partial charge in [-0.05, 0) is 55.2 Å². The van der Waals surface area contributed by atoms with E-state index in [1.165, 1.54) is 25.3 Å². The summed E-state index contributed by atoms with van der Waals surface area (Å²) in [6.07, 6.45) is 5.62. The van der Waals surface area contributed by atoms with E-state index in [4.69, 9.17) is 4.74 Å². The van der Waals surface area contributed by atoms with Gasteiger partial charge in [0.15, 0.2) is 11.6 Å². The number of nitrogens with zero attached hydrogens (tertiary/aromatic N) is 3. The zero-order valence-electron chi connectivity index (χ0n) is 19.7. The second-order valence-electron chi connectivity index (χ2n) is 8.81. The third-order valence-corrected chi connectivity index (χ3v) is 6.76. The van der Waals surface area contributed by atoms with Crippen LogP contribution in [0, 0.1) is 11.7 Å². The number of piperidine rings is 1. The quantitative estimate of drug-likeness (QED) is 0.451. The number of nitrogens with one attached hydrogen (secondary N) is 1. The summed E-state index contributed by atoms with van der Waals surface area (Å²) in [5.74, 6) is -0.823.